The number of nitrogens with one attached hydrogen (secondary N) is 2. The predicted molar refractivity (Wildman–Crippen MR) is 424 cm³/mol. The van der Waals surface area contributed by atoms with Crippen LogP contribution in [0.3, 0.4) is 0 Å². The molecule has 674 valence electrons. The van der Waals surface area contributed by atoms with E-state index < -0.39 is 130 Å². The summed E-state index contributed by atoms with van der Waals surface area (Å²) in [6, 6.07) is -0.387. The van der Waals surface area contributed by atoms with Gasteiger partial charge in [0.2, 0.25) is 17.7 Å². The second kappa shape index (κ2) is 59.8. The molecular formula is C82H146N3O30P. The van der Waals surface area contributed by atoms with E-state index in [2.05, 4.69) is 10.6 Å². The molecule has 0 aliphatic carbocycles. The number of aliphatic hydroxyl groups is 10. The third kappa shape index (κ3) is 41.8. The van der Waals surface area contributed by atoms with Crippen LogP contribution in [0.5, 0.6) is 0 Å². The molecule has 17 unspecified atom stereocenters. The lowest BCUT2D eigenvalue weighted by atomic mass is 9.83. The highest BCUT2D eigenvalue weighted by Gasteiger charge is 2.45. The summed E-state index contributed by atoms with van der Waals surface area (Å²) in [6.07, 6.45) is 4.27. The van der Waals surface area contributed by atoms with Crippen LogP contribution in [0.15, 0.2) is 0 Å². The van der Waals surface area contributed by atoms with Gasteiger partial charge in [0.25, 0.3) is 0 Å². The number of ketones is 5. The van der Waals surface area contributed by atoms with Gasteiger partial charge in [0.1, 0.15) is 65.5 Å². The van der Waals surface area contributed by atoms with Gasteiger partial charge in [-0.1, -0.05) is 72.1 Å². The fraction of sp³-hybridized carbons (Fsp3) is 0.902. The lowest BCUT2D eigenvalue weighted by molar-refractivity contribution is -0.282. The minimum absolute atomic E-state index is 0.0114. The van der Waals surface area contributed by atoms with E-state index in [0.717, 1.165) is 38.5 Å². The molecular weight excluding hydrogens is 1540 g/mol. The zero-order valence-corrected chi connectivity index (χ0v) is 70.8. The predicted octanol–water partition coefficient (Wildman–Crippen LogP) is 5.09. The third-order valence-electron chi connectivity index (χ3n) is 22.2. The van der Waals surface area contributed by atoms with Crippen molar-refractivity contribution >= 4 is 54.2 Å². The summed E-state index contributed by atoms with van der Waals surface area (Å²) in [7, 11) is -1.96. The van der Waals surface area contributed by atoms with Crippen LogP contribution in [-0.2, 0) is 94.6 Å². The van der Waals surface area contributed by atoms with Crippen molar-refractivity contribution in [1.29, 1.82) is 0 Å². The zero-order valence-electron chi connectivity index (χ0n) is 69.9. The topological polar surface area (TPSA) is 485 Å². The summed E-state index contributed by atoms with van der Waals surface area (Å²) in [5.41, 5.74) is -1.10. The average Bonchev–Trinajstić information content (AvgIpc) is 1.41. The van der Waals surface area contributed by atoms with Gasteiger partial charge < -0.3 is 118 Å². The third-order valence-corrected chi connectivity index (χ3v) is 23.5. The molecule has 0 saturated carbocycles. The van der Waals surface area contributed by atoms with E-state index in [0.29, 0.717) is 141 Å². The van der Waals surface area contributed by atoms with E-state index in [1.807, 2.05) is 0 Å². The molecule has 0 bridgehead atoms. The molecule has 18 atom stereocenters. The highest BCUT2D eigenvalue weighted by molar-refractivity contribution is 7.52. The van der Waals surface area contributed by atoms with Crippen molar-refractivity contribution in [3.05, 3.63) is 0 Å². The van der Waals surface area contributed by atoms with Crippen LogP contribution >= 0.6 is 7.60 Å². The van der Waals surface area contributed by atoms with Gasteiger partial charge in [-0.15, -0.1) is 0 Å². The fourth-order valence-corrected chi connectivity index (χ4v) is 15.1. The monoisotopic (exact) mass is 1680 g/mol. The zero-order chi connectivity index (χ0) is 85.3. The van der Waals surface area contributed by atoms with Gasteiger partial charge in [0, 0.05) is 160 Å². The standard InChI is InChI=1S/C82H146N3O30P/c1-57-73(98)76(101)67(50-86)113-79(57)109-41-23-20-31-61(89)27-15-12-17-29-63(91)36-44-106-54-82(48-65(93)33-14-10-8-6-7-9-11-19-35-72(97)85-49-66(94)47-60(85)53-112-116(5,104)105-4,55-107-45-37-64(92)30-18-13-16-28-62(90)32-21-24-42-110-80-58(2)74(99)77(102)68(51-87)114-80)56-108-46-38-71(96)84-40-26-39-83-70(95)34-22-25-43-111-81-59(3)75(100)78(103)69(52-88)115-81/h57-60,66-69,73-81,86-88,94,98-103H,6-56H2,1-5H3,(H,83,95)(H,84,96)/t57?,58?,59?,60?,66-,67?,68?,69?,73?,74?,75?,76?,77?,78?,79?,80?,81?,82?,116?/m1/s1. The Morgan fingerprint density at radius 3 is 1.13 bits per heavy atom. The van der Waals surface area contributed by atoms with Gasteiger partial charge in [-0.05, 0) is 89.9 Å². The summed E-state index contributed by atoms with van der Waals surface area (Å²) in [5, 5.41) is 106. The Balaban J connectivity index is 1.28. The number of unbranched alkanes of at least 4 members (excludes halogenated alkanes) is 14. The molecule has 0 aromatic heterocycles. The minimum Gasteiger partial charge on any atom is -0.394 e. The molecule has 4 fully saturated rings. The molecule has 4 saturated heterocycles. The van der Waals surface area contributed by atoms with E-state index in [1.54, 1.807) is 25.7 Å². The minimum atomic E-state index is -3.25. The molecule has 4 aliphatic rings. The van der Waals surface area contributed by atoms with Crippen LogP contribution in [0.4, 0.5) is 0 Å². The van der Waals surface area contributed by atoms with Gasteiger partial charge in [0.05, 0.1) is 96.5 Å². The fourth-order valence-electron chi connectivity index (χ4n) is 14.5. The average molecular weight is 1690 g/mol. The molecule has 4 rings (SSSR count). The maximum Gasteiger partial charge on any atom is 0.327 e. The Hall–Kier alpha value is -3.85. The molecule has 3 amide bonds. The van der Waals surface area contributed by atoms with Crippen molar-refractivity contribution < 1.29 is 146 Å². The number of amides is 3. The van der Waals surface area contributed by atoms with Crippen molar-refractivity contribution in [2.24, 2.45) is 23.2 Å². The number of carbonyl (C=O) groups is 8. The number of carbonyl (C=O) groups excluding carboxylic acids is 8. The lowest BCUT2D eigenvalue weighted by Crippen LogP contribution is -2.55. The van der Waals surface area contributed by atoms with E-state index in [-0.39, 0.29) is 183 Å². The SMILES string of the molecule is COP(C)(=O)OCC1C[C@@H](O)CN1C(=O)CCCCCCCCCCC(=O)CC(COCCC(=O)CCCCCC(=O)CCCCOC1OC(CO)C(O)C(O)C1C)(COCCC(=O)CCCCCC(=O)CCCCOC1OC(CO)C(O)C(O)C1C)COCCC(=O)NCCCNC(=O)CCCCOC1OC(CO)C(O)C(O)C1C. The number of hydrogen-bond acceptors (Lipinski definition) is 30. The number of ether oxygens (including phenoxy) is 9. The summed E-state index contributed by atoms with van der Waals surface area (Å²) < 4.78 is 75.5. The second-order valence-electron chi connectivity index (χ2n) is 32.3. The first-order valence-electron chi connectivity index (χ1n) is 42.9. The van der Waals surface area contributed by atoms with Gasteiger partial charge in [-0.2, -0.15) is 0 Å². The molecule has 116 heavy (non-hydrogen) atoms. The molecule has 4 aliphatic heterocycles. The van der Waals surface area contributed by atoms with E-state index in [1.165, 1.54) is 13.8 Å². The normalized spacial score (nSPS) is 26.6. The number of hydrogen-bond donors (Lipinski definition) is 12. The number of rotatable bonds is 69. The van der Waals surface area contributed by atoms with Crippen molar-refractivity contribution in [2.75, 3.05) is 119 Å². The highest BCUT2D eigenvalue weighted by Crippen LogP contribution is 2.43. The van der Waals surface area contributed by atoms with Gasteiger partial charge >= 0.3 is 7.60 Å². The Bertz CT molecular complexity index is 2600. The van der Waals surface area contributed by atoms with E-state index >= 15 is 0 Å². The van der Waals surface area contributed by atoms with Crippen molar-refractivity contribution in [3.63, 3.8) is 0 Å². The lowest BCUT2D eigenvalue weighted by Gasteiger charge is -2.40. The molecule has 0 radical (unpaired) electrons. The molecule has 0 aromatic rings. The number of aliphatic hydroxyl groups excluding tert-OH is 10. The molecule has 34 heteroatoms. The number of likely N-dealkylation sites (tertiary alicyclic amines) is 1. The molecule has 0 spiro atoms. The summed E-state index contributed by atoms with van der Waals surface area (Å²) in [4.78, 5) is 107. The number of nitrogens with zero attached hydrogens (tertiary/aromatic N) is 1. The van der Waals surface area contributed by atoms with Crippen LogP contribution in [0.25, 0.3) is 0 Å². The van der Waals surface area contributed by atoms with Crippen molar-refractivity contribution in [3.8, 4) is 0 Å². The van der Waals surface area contributed by atoms with Crippen LogP contribution in [0.2, 0.25) is 0 Å². The summed E-state index contributed by atoms with van der Waals surface area (Å²) in [5.74, 6) is -2.09. The quantitative estimate of drug-likeness (QED) is 0.0279. The number of β-amino-alcohol motifs (C(OH)–C–C–N with tert-alkyl or cyclic N) is 1. The largest absolute Gasteiger partial charge is 0.394 e. The van der Waals surface area contributed by atoms with Crippen LogP contribution < -0.4 is 10.6 Å². The second-order valence-corrected chi connectivity index (χ2v) is 34.5. The molecule has 4 heterocycles. The van der Waals surface area contributed by atoms with Crippen LogP contribution in [0, 0.1) is 23.2 Å². The maximum atomic E-state index is 14.2. The Morgan fingerprint density at radius 2 is 0.741 bits per heavy atom. The summed E-state index contributed by atoms with van der Waals surface area (Å²) in [6.45, 7) is 6.41. The Labute approximate surface area is 686 Å². The van der Waals surface area contributed by atoms with Crippen molar-refractivity contribution in [2.45, 2.75) is 331 Å². The Kier molecular flexibility index (Phi) is 53.9. The van der Waals surface area contributed by atoms with E-state index in [4.69, 9.17) is 51.7 Å². The maximum absolute atomic E-state index is 14.2. The van der Waals surface area contributed by atoms with E-state index in [9.17, 15) is 94.0 Å². The molecule has 33 nitrogen and oxygen atoms in total. The van der Waals surface area contributed by atoms with Crippen LogP contribution in [0.1, 0.15) is 245 Å². The first kappa shape index (κ1) is 104. The smallest absolute Gasteiger partial charge is 0.327 e. The first-order valence-corrected chi connectivity index (χ1v) is 44.9. The molecule has 12 N–H and O–H groups in total. The van der Waals surface area contributed by atoms with Gasteiger partial charge in [0.15, 0.2) is 18.9 Å². The highest BCUT2D eigenvalue weighted by atomic mass is 31.2. The van der Waals surface area contributed by atoms with Crippen molar-refractivity contribution in [1.82, 2.24) is 15.5 Å². The number of Topliss-reactive ketones (excluding diaryl/α,β-unsaturated/α-hetero) is 5. The first-order chi connectivity index (χ1) is 55.6. The Morgan fingerprint density at radius 1 is 0.414 bits per heavy atom. The van der Waals surface area contributed by atoms with Gasteiger partial charge in [-0.25, -0.2) is 0 Å². The molecule has 0 aromatic carbocycles. The summed E-state index contributed by atoms with van der Waals surface area (Å²) >= 11 is 0. The van der Waals surface area contributed by atoms with Gasteiger partial charge in [-0.3, -0.25) is 42.9 Å². The van der Waals surface area contributed by atoms with Crippen LogP contribution in [-0.4, -0.2) is 308 Å².